The number of aliphatic carboxylic acids is 1. The van der Waals surface area contributed by atoms with Gasteiger partial charge in [-0.15, -0.1) is 0 Å². The second-order valence-electron chi connectivity index (χ2n) is 5.59. The molecular formula is C15H23N3O2S. The summed E-state index contributed by atoms with van der Waals surface area (Å²) in [6, 6.07) is 2.27. The van der Waals surface area contributed by atoms with Crippen molar-refractivity contribution in [2.24, 2.45) is 0 Å². The van der Waals surface area contributed by atoms with E-state index in [2.05, 4.69) is 15.3 Å². The van der Waals surface area contributed by atoms with Gasteiger partial charge in [-0.25, -0.2) is 9.97 Å². The lowest BCUT2D eigenvalue weighted by Gasteiger charge is -2.29. The van der Waals surface area contributed by atoms with Crippen molar-refractivity contribution in [1.29, 1.82) is 0 Å². The molecular weight excluding hydrogens is 286 g/mol. The number of nitrogens with one attached hydrogen (secondary N) is 1. The third kappa shape index (κ3) is 4.68. The fraction of sp³-hybridized carbons (Fsp3) is 0.667. The van der Waals surface area contributed by atoms with Gasteiger partial charge in [-0.1, -0.05) is 18.7 Å². The number of rotatable bonds is 9. The Hall–Kier alpha value is -1.14. The van der Waals surface area contributed by atoms with Crippen molar-refractivity contribution in [3.05, 3.63) is 18.0 Å². The smallest absolute Gasteiger partial charge is 0.323 e. The van der Waals surface area contributed by atoms with Crippen LogP contribution in [0, 0.1) is 6.92 Å². The highest BCUT2D eigenvalue weighted by atomic mass is 32.2. The Bertz CT molecular complexity index is 494. The highest BCUT2D eigenvalue weighted by Crippen LogP contribution is 2.28. The minimum absolute atomic E-state index is 0.397. The molecule has 5 nitrogen and oxygen atoms in total. The van der Waals surface area contributed by atoms with Crippen LogP contribution in [0.3, 0.4) is 0 Å². The van der Waals surface area contributed by atoms with E-state index in [0.29, 0.717) is 18.9 Å². The van der Waals surface area contributed by atoms with Crippen LogP contribution < -0.4 is 5.32 Å². The summed E-state index contributed by atoms with van der Waals surface area (Å²) in [5.41, 5.74) is 0.186. The van der Waals surface area contributed by atoms with E-state index in [0.717, 1.165) is 35.9 Å². The third-order valence-corrected chi connectivity index (χ3v) is 4.77. The maximum absolute atomic E-state index is 11.6. The molecule has 1 heterocycles. The molecule has 1 atom stereocenters. The second kappa shape index (κ2) is 7.22. The fourth-order valence-corrected chi connectivity index (χ4v) is 3.14. The molecule has 0 bridgehead atoms. The van der Waals surface area contributed by atoms with Crippen molar-refractivity contribution in [3.63, 3.8) is 0 Å². The Balaban J connectivity index is 1.82. The molecule has 0 radical (unpaired) electrons. The number of carbonyl (C=O) groups is 1. The van der Waals surface area contributed by atoms with Gasteiger partial charge in [0, 0.05) is 23.7 Å². The van der Waals surface area contributed by atoms with Gasteiger partial charge in [-0.3, -0.25) is 10.1 Å². The maximum atomic E-state index is 11.6. The molecule has 2 rings (SSSR count). The number of aryl methyl sites for hydroxylation is 1. The van der Waals surface area contributed by atoms with Crippen molar-refractivity contribution >= 4 is 17.7 Å². The van der Waals surface area contributed by atoms with Crippen LogP contribution in [-0.2, 0) is 4.79 Å². The number of thioether (sulfide) groups is 1. The molecule has 116 valence electrons. The van der Waals surface area contributed by atoms with E-state index in [1.165, 1.54) is 0 Å². The number of aromatic nitrogens is 2. The summed E-state index contributed by atoms with van der Waals surface area (Å²) < 4.78 is 0. The van der Waals surface area contributed by atoms with Crippen LogP contribution in [0.25, 0.3) is 0 Å². The number of carboxylic acids is 1. The summed E-state index contributed by atoms with van der Waals surface area (Å²) in [5.74, 6) is 0.110. The number of hydrogen-bond donors (Lipinski definition) is 2. The zero-order valence-electron chi connectivity index (χ0n) is 12.6. The lowest BCUT2D eigenvalue weighted by molar-refractivity contribution is -0.145. The van der Waals surface area contributed by atoms with Gasteiger partial charge >= 0.3 is 5.97 Å². The molecule has 1 aliphatic rings. The van der Waals surface area contributed by atoms with Crippen molar-refractivity contribution in [1.82, 2.24) is 15.3 Å². The highest BCUT2D eigenvalue weighted by Gasteiger charge is 2.40. The Kier molecular flexibility index (Phi) is 5.58. The van der Waals surface area contributed by atoms with Crippen molar-refractivity contribution in [2.45, 2.75) is 62.7 Å². The van der Waals surface area contributed by atoms with Gasteiger partial charge < -0.3 is 5.11 Å². The van der Waals surface area contributed by atoms with Crippen LogP contribution >= 0.6 is 11.8 Å². The molecule has 6 heteroatoms. The Morgan fingerprint density at radius 2 is 2.33 bits per heavy atom. The SMILES string of the molecule is CCC(CCCSc1nccc(C)n1)(NC1CC1)C(=O)O. The topological polar surface area (TPSA) is 75.1 Å². The summed E-state index contributed by atoms with van der Waals surface area (Å²) in [6.07, 6.45) is 6.05. The molecule has 2 N–H and O–H groups in total. The minimum Gasteiger partial charge on any atom is -0.480 e. The molecule has 21 heavy (non-hydrogen) atoms. The summed E-state index contributed by atoms with van der Waals surface area (Å²) in [4.78, 5) is 20.2. The molecule has 1 fully saturated rings. The van der Waals surface area contributed by atoms with Crippen LogP contribution in [0.2, 0.25) is 0 Å². The standard InChI is InChI=1S/C15H23N3O2S/c1-3-15(13(19)20,18-12-5-6-12)8-4-10-21-14-16-9-7-11(2)17-14/h7,9,12,18H,3-6,8,10H2,1-2H3,(H,19,20). The number of nitrogens with zero attached hydrogens (tertiary/aromatic N) is 2. The van der Waals surface area contributed by atoms with Crippen LogP contribution in [0.1, 0.15) is 44.7 Å². The Morgan fingerprint density at radius 1 is 1.57 bits per heavy atom. The molecule has 1 aliphatic carbocycles. The molecule has 0 aliphatic heterocycles. The van der Waals surface area contributed by atoms with Gasteiger partial charge in [0.2, 0.25) is 0 Å². The molecule has 1 saturated carbocycles. The van der Waals surface area contributed by atoms with E-state index in [9.17, 15) is 9.90 Å². The summed E-state index contributed by atoms with van der Waals surface area (Å²) in [5, 5.41) is 13.6. The summed E-state index contributed by atoms with van der Waals surface area (Å²) in [6.45, 7) is 3.89. The van der Waals surface area contributed by atoms with Crippen LogP contribution in [-0.4, -0.2) is 38.4 Å². The van der Waals surface area contributed by atoms with Crippen molar-refractivity contribution < 1.29 is 9.90 Å². The summed E-state index contributed by atoms with van der Waals surface area (Å²) in [7, 11) is 0. The molecule has 0 amide bonds. The monoisotopic (exact) mass is 309 g/mol. The molecule has 1 unspecified atom stereocenters. The van der Waals surface area contributed by atoms with E-state index in [-0.39, 0.29) is 0 Å². The zero-order chi connectivity index (χ0) is 15.3. The van der Waals surface area contributed by atoms with E-state index in [1.54, 1.807) is 18.0 Å². The predicted molar refractivity (Wildman–Crippen MR) is 83.5 cm³/mol. The van der Waals surface area contributed by atoms with Gasteiger partial charge in [0.1, 0.15) is 5.54 Å². The molecule has 0 saturated heterocycles. The molecule has 0 spiro atoms. The first kappa shape index (κ1) is 16.2. The van der Waals surface area contributed by atoms with Crippen LogP contribution in [0.5, 0.6) is 0 Å². The lowest BCUT2D eigenvalue weighted by Crippen LogP contribution is -2.52. The Labute approximate surface area is 130 Å². The second-order valence-corrected chi connectivity index (χ2v) is 6.65. The number of hydrogen-bond acceptors (Lipinski definition) is 5. The predicted octanol–water partition coefficient (Wildman–Crippen LogP) is 2.64. The first-order valence-electron chi connectivity index (χ1n) is 7.49. The van der Waals surface area contributed by atoms with Gasteiger partial charge in [0.15, 0.2) is 5.16 Å². The van der Waals surface area contributed by atoms with Crippen LogP contribution in [0.4, 0.5) is 0 Å². The van der Waals surface area contributed by atoms with Gasteiger partial charge in [0.25, 0.3) is 0 Å². The summed E-state index contributed by atoms with van der Waals surface area (Å²) >= 11 is 1.59. The Morgan fingerprint density at radius 3 is 2.90 bits per heavy atom. The van der Waals surface area contributed by atoms with Crippen molar-refractivity contribution in [2.75, 3.05) is 5.75 Å². The van der Waals surface area contributed by atoms with E-state index in [4.69, 9.17) is 0 Å². The molecule has 1 aromatic heterocycles. The molecule has 1 aromatic rings. The average Bonchev–Trinajstić information content (AvgIpc) is 3.26. The van der Waals surface area contributed by atoms with E-state index in [1.807, 2.05) is 19.9 Å². The van der Waals surface area contributed by atoms with E-state index < -0.39 is 11.5 Å². The first-order valence-corrected chi connectivity index (χ1v) is 8.48. The quantitative estimate of drug-likeness (QED) is 0.415. The van der Waals surface area contributed by atoms with Crippen molar-refractivity contribution in [3.8, 4) is 0 Å². The molecule has 0 aromatic carbocycles. The largest absolute Gasteiger partial charge is 0.480 e. The number of carboxylic acid groups (broad SMARTS) is 1. The van der Waals surface area contributed by atoms with Gasteiger partial charge in [0.05, 0.1) is 0 Å². The van der Waals surface area contributed by atoms with E-state index >= 15 is 0 Å². The van der Waals surface area contributed by atoms with Crippen LogP contribution in [0.15, 0.2) is 17.4 Å². The minimum atomic E-state index is -0.769. The lowest BCUT2D eigenvalue weighted by atomic mass is 9.90. The maximum Gasteiger partial charge on any atom is 0.323 e. The zero-order valence-corrected chi connectivity index (χ0v) is 13.4. The fourth-order valence-electron chi connectivity index (χ4n) is 2.32. The van der Waals surface area contributed by atoms with Gasteiger partial charge in [-0.2, -0.15) is 0 Å². The normalized spacial score (nSPS) is 17.4. The third-order valence-electron chi connectivity index (χ3n) is 3.82. The highest BCUT2D eigenvalue weighted by molar-refractivity contribution is 7.99. The first-order chi connectivity index (χ1) is 10.1. The average molecular weight is 309 g/mol. The van der Waals surface area contributed by atoms with Gasteiger partial charge in [-0.05, 0) is 45.1 Å².